The van der Waals surface area contributed by atoms with E-state index in [4.69, 9.17) is 14.2 Å². The number of ether oxygens (including phenoxy) is 3. The van der Waals surface area contributed by atoms with Crippen molar-refractivity contribution < 1.29 is 19.3 Å². The summed E-state index contributed by atoms with van der Waals surface area (Å²) < 4.78 is 16.2. The summed E-state index contributed by atoms with van der Waals surface area (Å²) in [5.74, 6) is 0.819. The molecule has 0 saturated heterocycles. The van der Waals surface area contributed by atoms with E-state index in [1.165, 1.54) is 0 Å². The Labute approximate surface area is 126 Å². The SMILES string of the molecule is COCCN(CCOC)C1COc2c(C)cccc2C1O. The predicted molar refractivity (Wildman–Crippen MR) is 80.7 cm³/mol. The van der Waals surface area contributed by atoms with Gasteiger partial charge in [0.1, 0.15) is 18.5 Å². The van der Waals surface area contributed by atoms with Crippen LogP contribution in [0, 0.1) is 6.92 Å². The Hall–Kier alpha value is -1.14. The Kier molecular flexibility index (Phi) is 5.99. The van der Waals surface area contributed by atoms with Crippen LogP contribution in [0.15, 0.2) is 18.2 Å². The van der Waals surface area contributed by atoms with Gasteiger partial charge in [0.05, 0.1) is 19.3 Å². The summed E-state index contributed by atoms with van der Waals surface area (Å²) in [5.41, 5.74) is 1.93. The number of methoxy groups -OCH3 is 2. The molecule has 5 nitrogen and oxygen atoms in total. The fourth-order valence-corrected chi connectivity index (χ4v) is 2.74. The van der Waals surface area contributed by atoms with E-state index < -0.39 is 6.10 Å². The lowest BCUT2D eigenvalue weighted by Gasteiger charge is -2.38. The minimum Gasteiger partial charge on any atom is -0.491 e. The zero-order chi connectivity index (χ0) is 15.2. The molecule has 0 amide bonds. The third-order valence-electron chi connectivity index (χ3n) is 3.96. The second kappa shape index (κ2) is 7.75. The molecule has 0 aliphatic carbocycles. The topological polar surface area (TPSA) is 51.2 Å². The van der Waals surface area contributed by atoms with Crippen molar-refractivity contribution in [2.75, 3.05) is 47.1 Å². The summed E-state index contributed by atoms with van der Waals surface area (Å²) in [6.07, 6.45) is -0.553. The molecule has 1 aliphatic rings. The molecule has 118 valence electrons. The lowest BCUT2D eigenvalue weighted by atomic mass is 9.96. The molecule has 2 unspecified atom stereocenters. The molecule has 0 radical (unpaired) electrons. The predicted octanol–water partition coefficient (Wildman–Crippen LogP) is 1.38. The maximum Gasteiger partial charge on any atom is 0.128 e. The first kappa shape index (κ1) is 16.2. The number of rotatable bonds is 7. The van der Waals surface area contributed by atoms with Gasteiger partial charge in [0.2, 0.25) is 0 Å². The summed E-state index contributed by atoms with van der Waals surface area (Å²) in [5, 5.41) is 10.7. The lowest BCUT2D eigenvalue weighted by Crippen LogP contribution is -2.48. The van der Waals surface area contributed by atoms with Crippen molar-refractivity contribution in [1.82, 2.24) is 4.90 Å². The van der Waals surface area contributed by atoms with Crippen molar-refractivity contribution in [1.29, 1.82) is 0 Å². The van der Waals surface area contributed by atoms with Gasteiger partial charge in [0, 0.05) is 32.9 Å². The van der Waals surface area contributed by atoms with Gasteiger partial charge in [-0.2, -0.15) is 0 Å². The largest absolute Gasteiger partial charge is 0.491 e. The Morgan fingerprint density at radius 1 is 1.24 bits per heavy atom. The molecular weight excluding hydrogens is 270 g/mol. The molecule has 5 heteroatoms. The van der Waals surface area contributed by atoms with Crippen molar-refractivity contribution in [2.24, 2.45) is 0 Å². The van der Waals surface area contributed by atoms with Crippen LogP contribution >= 0.6 is 0 Å². The lowest BCUT2D eigenvalue weighted by molar-refractivity contribution is -0.0148. The van der Waals surface area contributed by atoms with E-state index in [-0.39, 0.29) is 6.04 Å². The smallest absolute Gasteiger partial charge is 0.128 e. The number of aliphatic hydroxyl groups is 1. The minimum atomic E-state index is -0.553. The van der Waals surface area contributed by atoms with Gasteiger partial charge in [-0.25, -0.2) is 0 Å². The summed E-state index contributed by atoms with van der Waals surface area (Å²) >= 11 is 0. The van der Waals surface area contributed by atoms with E-state index in [9.17, 15) is 5.11 Å². The number of fused-ring (bicyclic) bond motifs is 1. The zero-order valence-electron chi connectivity index (χ0n) is 13.0. The van der Waals surface area contributed by atoms with Crippen LogP contribution in [-0.2, 0) is 9.47 Å². The third-order valence-corrected chi connectivity index (χ3v) is 3.96. The normalized spacial score (nSPS) is 21.2. The van der Waals surface area contributed by atoms with Crippen molar-refractivity contribution in [2.45, 2.75) is 19.1 Å². The highest BCUT2D eigenvalue weighted by Crippen LogP contribution is 2.36. The van der Waals surface area contributed by atoms with Crippen LogP contribution in [0.3, 0.4) is 0 Å². The monoisotopic (exact) mass is 295 g/mol. The van der Waals surface area contributed by atoms with Crippen LogP contribution in [-0.4, -0.2) is 63.2 Å². The van der Waals surface area contributed by atoms with Gasteiger partial charge in [0.15, 0.2) is 0 Å². The molecule has 1 aliphatic heterocycles. The van der Waals surface area contributed by atoms with Crippen LogP contribution in [0.4, 0.5) is 0 Å². The fourth-order valence-electron chi connectivity index (χ4n) is 2.74. The van der Waals surface area contributed by atoms with Crippen LogP contribution in [0.25, 0.3) is 0 Å². The van der Waals surface area contributed by atoms with Crippen LogP contribution in [0.2, 0.25) is 0 Å². The highest BCUT2D eigenvalue weighted by atomic mass is 16.5. The first-order chi connectivity index (χ1) is 10.2. The molecule has 1 N–H and O–H groups in total. The van der Waals surface area contributed by atoms with E-state index in [0.29, 0.717) is 19.8 Å². The molecule has 0 fully saturated rings. The maximum atomic E-state index is 10.7. The Morgan fingerprint density at radius 2 is 1.90 bits per heavy atom. The Morgan fingerprint density at radius 3 is 2.52 bits per heavy atom. The number of aryl methyl sites for hydroxylation is 1. The van der Waals surface area contributed by atoms with Crippen molar-refractivity contribution in [3.63, 3.8) is 0 Å². The fraction of sp³-hybridized carbons (Fsp3) is 0.625. The highest BCUT2D eigenvalue weighted by Gasteiger charge is 2.34. The van der Waals surface area contributed by atoms with Gasteiger partial charge >= 0.3 is 0 Å². The number of aliphatic hydroxyl groups excluding tert-OH is 1. The number of nitrogens with zero attached hydrogens (tertiary/aromatic N) is 1. The van der Waals surface area contributed by atoms with Gasteiger partial charge < -0.3 is 19.3 Å². The summed E-state index contributed by atoms with van der Waals surface area (Å²) in [6.45, 7) is 5.20. The summed E-state index contributed by atoms with van der Waals surface area (Å²) in [6, 6.07) is 5.81. The second-order valence-electron chi connectivity index (χ2n) is 5.34. The molecule has 1 aromatic rings. The molecule has 0 saturated carbocycles. The van der Waals surface area contributed by atoms with Gasteiger partial charge in [-0.1, -0.05) is 18.2 Å². The van der Waals surface area contributed by atoms with Gasteiger partial charge in [-0.05, 0) is 12.5 Å². The first-order valence-corrected chi connectivity index (χ1v) is 7.31. The molecular formula is C16H25NO4. The van der Waals surface area contributed by atoms with Crippen molar-refractivity contribution >= 4 is 0 Å². The van der Waals surface area contributed by atoms with Crippen molar-refractivity contribution in [3.05, 3.63) is 29.3 Å². The number of benzene rings is 1. The molecule has 0 bridgehead atoms. The molecule has 2 atom stereocenters. The standard InChI is InChI=1S/C16H25NO4/c1-12-5-4-6-13-15(18)14(11-21-16(12)13)17(7-9-19-2)8-10-20-3/h4-6,14-15,18H,7-11H2,1-3H3. The van der Waals surface area contributed by atoms with Crippen molar-refractivity contribution in [3.8, 4) is 5.75 Å². The van der Waals surface area contributed by atoms with E-state index >= 15 is 0 Å². The van der Waals surface area contributed by atoms with Crippen LogP contribution in [0.1, 0.15) is 17.2 Å². The van der Waals surface area contributed by atoms with Gasteiger partial charge in [-0.15, -0.1) is 0 Å². The average molecular weight is 295 g/mol. The minimum absolute atomic E-state index is 0.0791. The molecule has 1 aromatic carbocycles. The van der Waals surface area contributed by atoms with Gasteiger partial charge in [-0.3, -0.25) is 4.90 Å². The molecule has 0 spiro atoms. The van der Waals surface area contributed by atoms with E-state index in [0.717, 1.165) is 30.0 Å². The third kappa shape index (κ3) is 3.74. The molecule has 21 heavy (non-hydrogen) atoms. The average Bonchev–Trinajstić information content (AvgIpc) is 2.49. The van der Waals surface area contributed by atoms with E-state index in [1.807, 2.05) is 25.1 Å². The quantitative estimate of drug-likeness (QED) is 0.824. The second-order valence-corrected chi connectivity index (χ2v) is 5.34. The number of para-hydroxylation sites is 1. The van der Waals surface area contributed by atoms with E-state index in [2.05, 4.69) is 4.90 Å². The highest BCUT2D eigenvalue weighted by molar-refractivity contribution is 5.44. The first-order valence-electron chi connectivity index (χ1n) is 7.31. The summed E-state index contributed by atoms with van der Waals surface area (Å²) in [4.78, 5) is 2.17. The number of hydrogen-bond donors (Lipinski definition) is 1. The molecule has 1 heterocycles. The molecule has 0 aromatic heterocycles. The maximum absolute atomic E-state index is 10.7. The van der Waals surface area contributed by atoms with Crippen LogP contribution < -0.4 is 4.74 Å². The van der Waals surface area contributed by atoms with Gasteiger partial charge in [0.25, 0.3) is 0 Å². The Bertz CT molecular complexity index is 444. The van der Waals surface area contributed by atoms with E-state index in [1.54, 1.807) is 14.2 Å². The van der Waals surface area contributed by atoms with Crippen LogP contribution in [0.5, 0.6) is 5.75 Å². The zero-order valence-corrected chi connectivity index (χ0v) is 13.0. The molecule has 2 rings (SSSR count). The Balaban J connectivity index is 2.15. The number of hydrogen-bond acceptors (Lipinski definition) is 5. The summed E-state index contributed by atoms with van der Waals surface area (Å²) in [7, 11) is 3.36.